The first kappa shape index (κ1) is 21.6. The zero-order chi connectivity index (χ0) is 21.5. The van der Waals surface area contributed by atoms with Gasteiger partial charge in [0.1, 0.15) is 17.4 Å². The number of nitrogens with one attached hydrogen (secondary N) is 1. The summed E-state index contributed by atoms with van der Waals surface area (Å²) in [4.78, 5) is 12.5. The first-order chi connectivity index (χ1) is 14.5. The second kappa shape index (κ2) is 10.1. The average Bonchev–Trinajstić information content (AvgIpc) is 2.76. The van der Waals surface area contributed by atoms with Crippen LogP contribution >= 0.6 is 27.5 Å². The first-order valence-corrected chi connectivity index (χ1v) is 10.3. The third-order valence-electron chi connectivity index (χ3n) is 4.45. The number of anilines is 1. The Morgan fingerprint density at radius 1 is 1.13 bits per heavy atom. The largest absolute Gasteiger partial charge is 0.496 e. The molecule has 0 unspecified atom stereocenters. The van der Waals surface area contributed by atoms with Crippen LogP contribution in [0.3, 0.4) is 0 Å². The molecule has 0 atom stereocenters. The number of carbonyl (C=O) groups is 1. The van der Waals surface area contributed by atoms with E-state index in [9.17, 15) is 10.1 Å². The van der Waals surface area contributed by atoms with Crippen molar-refractivity contribution in [2.24, 2.45) is 0 Å². The molecule has 3 aromatic carbocycles. The van der Waals surface area contributed by atoms with Gasteiger partial charge in [0.15, 0.2) is 0 Å². The SMILES string of the molecule is COc1cc(/C=C(\C#N)C(=O)Nc2ccccc2Cl)ccc1Cc1ccccc1Br. The van der Waals surface area contributed by atoms with Crippen LogP contribution in [0.1, 0.15) is 16.7 Å². The van der Waals surface area contributed by atoms with Gasteiger partial charge >= 0.3 is 0 Å². The number of carbonyl (C=O) groups excluding carboxylic acids is 1. The maximum atomic E-state index is 12.5. The van der Waals surface area contributed by atoms with E-state index in [-0.39, 0.29) is 5.57 Å². The summed E-state index contributed by atoms with van der Waals surface area (Å²) in [5.41, 5.74) is 3.24. The first-order valence-electron chi connectivity index (χ1n) is 9.10. The van der Waals surface area contributed by atoms with Crippen molar-refractivity contribution in [1.29, 1.82) is 5.26 Å². The zero-order valence-corrected chi connectivity index (χ0v) is 18.5. The summed E-state index contributed by atoms with van der Waals surface area (Å²) in [5, 5.41) is 12.5. The summed E-state index contributed by atoms with van der Waals surface area (Å²) in [5.74, 6) is 0.158. The Morgan fingerprint density at radius 2 is 1.87 bits per heavy atom. The lowest BCUT2D eigenvalue weighted by atomic mass is 10.0. The van der Waals surface area contributed by atoms with E-state index in [2.05, 4.69) is 21.2 Å². The molecule has 4 nitrogen and oxygen atoms in total. The maximum Gasteiger partial charge on any atom is 0.266 e. The average molecular weight is 482 g/mol. The van der Waals surface area contributed by atoms with Crippen molar-refractivity contribution in [1.82, 2.24) is 0 Å². The Labute approximate surface area is 188 Å². The summed E-state index contributed by atoms with van der Waals surface area (Å²) in [6.45, 7) is 0. The van der Waals surface area contributed by atoms with Crippen LogP contribution in [-0.2, 0) is 11.2 Å². The highest BCUT2D eigenvalue weighted by molar-refractivity contribution is 9.10. The minimum atomic E-state index is -0.526. The fourth-order valence-electron chi connectivity index (χ4n) is 2.91. The molecule has 0 aromatic heterocycles. The van der Waals surface area contributed by atoms with Crippen molar-refractivity contribution in [3.8, 4) is 11.8 Å². The Kier molecular flexibility index (Phi) is 7.29. The molecule has 0 saturated heterocycles. The van der Waals surface area contributed by atoms with Crippen LogP contribution in [0.5, 0.6) is 5.75 Å². The molecule has 3 rings (SSSR count). The molecule has 0 fully saturated rings. The quantitative estimate of drug-likeness (QED) is 0.334. The van der Waals surface area contributed by atoms with E-state index in [1.165, 1.54) is 6.08 Å². The van der Waals surface area contributed by atoms with Gasteiger partial charge in [-0.1, -0.05) is 70.0 Å². The Bertz CT molecular complexity index is 1150. The molecule has 6 heteroatoms. The molecule has 0 aliphatic heterocycles. The van der Waals surface area contributed by atoms with E-state index >= 15 is 0 Å². The number of methoxy groups -OCH3 is 1. The lowest BCUT2D eigenvalue weighted by Gasteiger charge is -2.11. The highest BCUT2D eigenvalue weighted by Crippen LogP contribution is 2.27. The molecule has 0 radical (unpaired) electrons. The van der Waals surface area contributed by atoms with Gasteiger partial charge in [0.25, 0.3) is 5.91 Å². The van der Waals surface area contributed by atoms with Crippen molar-refractivity contribution < 1.29 is 9.53 Å². The Hall–Kier alpha value is -3.07. The van der Waals surface area contributed by atoms with Gasteiger partial charge in [-0.3, -0.25) is 4.79 Å². The van der Waals surface area contributed by atoms with Crippen LogP contribution in [0, 0.1) is 11.3 Å². The van der Waals surface area contributed by atoms with Crippen molar-refractivity contribution in [2.75, 3.05) is 12.4 Å². The highest BCUT2D eigenvalue weighted by atomic mass is 79.9. The van der Waals surface area contributed by atoms with E-state index < -0.39 is 5.91 Å². The van der Waals surface area contributed by atoms with Gasteiger partial charge in [0.05, 0.1) is 17.8 Å². The predicted octanol–water partition coefficient (Wildman–Crippen LogP) is 6.25. The van der Waals surface area contributed by atoms with Crippen molar-refractivity contribution in [2.45, 2.75) is 6.42 Å². The zero-order valence-electron chi connectivity index (χ0n) is 16.2. The number of hydrogen-bond donors (Lipinski definition) is 1. The van der Waals surface area contributed by atoms with Crippen molar-refractivity contribution >= 4 is 45.2 Å². The molecule has 0 bridgehead atoms. The molecule has 150 valence electrons. The van der Waals surface area contributed by atoms with E-state index in [0.29, 0.717) is 28.4 Å². The molecule has 3 aromatic rings. The molecule has 0 aliphatic carbocycles. The van der Waals surface area contributed by atoms with Gasteiger partial charge in [-0.25, -0.2) is 0 Å². The number of halogens is 2. The monoisotopic (exact) mass is 480 g/mol. The number of ether oxygens (including phenoxy) is 1. The smallest absolute Gasteiger partial charge is 0.266 e. The number of para-hydroxylation sites is 1. The van der Waals surface area contributed by atoms with Crippen LogP contribution in [0.2, 0.25) is 5.02 Å². The van der Waals surface area contributed by atoms with Crippen molar-refractivity contribution in [3.05, 3.63) is 98.5 Å². The number of amides is 1. The van der Waals surface area contributed by atoms with Crippen molar-refractivity contribution in [3.63, 3.8) is 0 Å². The number of nitriles is 1. The standard InChI is InChI=1S/C24H18BrClN2O2/c1-30-23-13-16(10-11-18(23)14-17-6-2-3-7-20(17)25)12-19(15-27)24(29)28-22-9-5-4-8-21(22)26/h2-13H,14H2,1H3,(H,28,29)/b19-12+. The topological polar surface area (TPSA) is 62.1 Å². The summed E-state index contributed by atoms with van der Waals surface area (Å²) in [7, 11) is 1.60. The predicted molar refractivity (Wildman–Crippen MR) is 124 cm³/mol. The molecular formula is C24H18BrClN2O2. The van der Waals surface area contributed by atoms with E-state index in [1.807, 2.05) is 48.5 Å². The number of benzene rings is 3. The summed E-state index contributed by atoms with van der Waals surface area (Å²) in [6, 6.07) is 22.4. The van der Waals surface area contributed by atoms with Crippen LogP contribution in [0.15, 0.2) is 76.8 Å². The van der Waals surface area contributed by atoms with Gasteiger partial charge in [-0.15, -0.1) is 0 Å². The van der Waals surface area contributed by atoms with E-state index in [0.717, 1.165) is 15.6 Å². The number of nitrogens with zero attached hydrogens (tertiary/aromatic N) is 1. The summed E-state index contributed by atoms with van der Waals surface area (Å²) < 4.78 is 6.57. The maximum absolute atomic E-state index is 12.5. The van der Waals surface area contributed by atoms with Crippen LogP contribution in [0.25, 0.3) is 6.08 Å². The third-order valence-corrected chi connectivity index (χ3v) is 5.55. The molecule has 30 heavy (non-hydrogen) atoms. The highest BCUT2D eigenvalue weighted by Gasteiger charge is 2.13. The molecule has 0 saturated carbocycles. The molecular weight excluding hydrogens is 464 g/mol. The van der Waals surface area contributed by atoms with Gasteiger partial charge in [0.2, 0.25) is 0 Å². The van der Waals surface area contributed by atoms with Gasteiger partial charge in [-0.05, 0) is 47.0 Å². The normalized spacial score (nSPS) is 10.9. The Balaban J connectivity index is 1.84. The Morgan fingerprint density at radius 3 is 2.57 bits per heavy atom. The number of rotatable bonds is 6. The second-order valence-electron chi connectivity index (χ2n) is 6.44. The molecule has 0 spiro atoms. The molecule has 0 heterocycles. The molecule has 1 amide bonds. The van der Waals surface area contributed by atoms with Crippen LogP contribution in [-0.4, -0.2) is 13.0 Å². The lowest BCUT2D eigenvalue weighted by molar-refractivity contribution is -0.112. The fraction of sp³-hybridized carbons (Fsp3) is 0.0833. The second-order valence-corrected chi connectivity index (χ2v) is 7.70. The van der Waals surface area contributed by atoms with Crippen LogP contribution in [0.4, 0.5) is 5.69 Å². The molecule has 0 aliphatic rings. The third kappa shape index (κ3) is 5.29. The fourth-order valence-corrected chi connectivity index (χ4v) is 3.52. The minimum absolute atomic E-state index is 0.0319. The van der Waals surface area contributed by atoms with Gasteiger partial charge in [0, 0.05) is 10.9 Å². The number of hydrogen-bond acceptors (Lipinski definition) is 3. The van der Waals surface area contributed by atoms with E-state index in [1.54, 1.807) is 31.4 Å². The van der Waals surface area contributed by atoms with Crippen LogP contribution < -0.4 is 10.1 Å². The van der Waals surface area contributed by atoms with E-state index in [4.69, 9.17) is 16.3 Å². The van der Waals surface area contributed by atoms with Gasteiger partial charge < -0.3 is 10.1 Å². The summed E-state index contributed by atoms with van der Waals surface area (Å²) >= 11 is 9.64. The van der Waals surface area contributed by atoms with Gasteiger partial charge in [-0.2, -0.15) is 5.26 Å². The summed E-state index contributed by atoms with van der Waals surface area (Å²) in [6.07, 6.45) is 2.21. The molecule has 1 N–H and O–H groups in total. The lowest BCUT2D eigenvalue weighted by Crippen LogP contribution is -2.13. The minimum Gasteiger partial charge on any atom is -0.496 e.